The maximum atomic E-state index is 3.60. The third-order valence-corrected chi connectivity index (χ3v) is 7.76. The van der Waals surface area contributed by atoms with Gasteiger partial charge in [-0.2, -0.15) is 0 Å². The highest BCUT2D eigenvalue weighted by Crippen LogP contribution is 2.36. The molecular weight excluding hydrogens is 414 g/mol. The third-order valence-electron chi connectivity index (χ3n) is 5.43. The van der Waals surface area contributed by atoms with E-state index in [-0.39, 0.29) is 0 Å². The molecule has 0 unspecified atom stereocenters. The molecule has 3 heteroatoms. The van der Waals surface area contributed by atoms with Gasteiger partial charge in [0.05, 0.1) is 0 Å². The number of benzene rings is 4. The number of hydrogen-bond acceptors (Lipinski definition) is 3. The minimum atomic E-state index is 1.10. The van der Waals surface area contributed by atoms with Crippen molar-refractivity contribution in [3.05, 3.63) is 109 Å². The number of nitrogens with one attached hydrogen (secondary N) is 1. The lowest BCUT2D eigenvalue weighted by Gasteiger charge is -2.09. The lowest BCUT2D eigenvalue weighted by Crippen LogP contribution is -1.90. The van der Waals surface area contributed by atoms with Gasteiger partial charge in [-0.25, -0.2) is 0 Å². The van der Waals surface area contributed by atoms with Crippen molar-refractivity contribution in [3.63, 3.8) is 0 Å². The molecule has 6 aromatic rings. The van der Waals surface area contributed by atoms with Crippen LogP contribution in [-0.4, -0.2) is 0 Å². The van der Waals surface area contributed by atoms with Crippen LogP contribution < -0.4 is 5.32 Å². The lowest BCUT2D eigenvalue weighted by atomic mass is 10.1. The lowest BCUT2D eigenvalue weighted by molar-refractivity contribution is 1.55. The SMILES string of the molecule is c1cc(Nc2cccc(-c3cc4ccccc4s3)c2)cc(-c2cc3ccccc3s2)c1. The van der Waals surface area contributed by atoms with Crippen LogP contribution in [0.3, 0.4) is 0 Å². The minimum Gasteiger partial charge on any atom is -0.355 e. The zero-order chi connectivity index (χ0) is 20.6. The topological polar surface area (TPSA) is 12.0 Å². The van der Waals surface area contributed by atoms with Crippen molar-refractivity contribution in [2.75, 3.05) is 5.32 Å². The fraction of sp³-hybridized carbons (Fsp3) is 0. The van der Waals surface area contributed by atoms with Crippen LogP contribution in [0.4, 0.5) is 11.4 Å². The predicted octanol–water partition coefficient (Wildman–Crippen LogP) is 9.19. The summed E-state index contributed by atoms with van der Waals surface area (Å²) in [7, 11) is 0. The summed E-state index contributed by atoms with van der Waals surface area (Å²) in [5.74, 6) is 0. The molecule has 6 rings (SSSR count). The van der Waals surface area contributed by atoms with Crippen LogP contribution in [0.25, 0.3) is 41.1 Å². The van der Waals surface area contributed by atoms with Gasteiger partial charge in [-0.3, -0.25) is 0 Å². The molecule has 0 spiro atoms. The molecule has 0 aliphatic heterocycles. The Balaban J connectivity index is 1.30. The number of hydrogen-bond donors (Lipinski definition) is 1. The molecule has 0 fully saturated rings. The molecule has 0 amide bonds. The highest BCUT2D eigenvalue weighted by Gasteiger charge is 2.07. The van der Waals surface area contributed by atoms with Gasteiger partial charge in [0.1, 0.15) is 0 Å². The van der Waals surface area contributed by atoms with Crippen molar-refractivity contribution in [3.8, 4) is 20.9 Å². The Bertz CT molecular complexity index is 1340. The van der Waals surface area contributed by atoms with Crippen LogP contribution in [0.15, 0.2) is 109 Å². The summed E-state index contributed by atoms with van der Waals surface area (Å²) in [6, 6.07) is 39.0. The summed E-state index contributed by atoms with van der Waals surface area (Å²) in [6.45, 7) is 0. The fourth-order valence-corrected chi connectivity index (χ4v) is 6.03. The van der Waals surface area contributed by atoms with Crippen LogP contribution in [-0.2, 0) is 0 Å². The van der Waals surface area contributed by atoms with Gasteiger partial charge in [0, 0.05) is 30.5 Å². The Hall–Kier alpha value is -3.40. The maximum absolute atomic E-state index is 3.60. The molecule has 0 aliphatic rings. The normalized spacial score (nSPS) is 11.2. The van der Waals surface area contributed by atoms with Crippen molar-refractivity contribution in [2.24, 2.45) is 0 Å². The van der Waals surface area contributed by atoms with E-state index in [0.29, 0.717) is 0 Å². The van der Waals surface area contributed by atoms with Crippen molar-refractivity contribution in [1.29, 1.82) is 0 Å². The molecule has 1 N–H and O–H groups in total. The van der Waals surface area contributed by atoms with Crippen molar-refractivity contribution >= 4 is 54.2 Å². The van der Waals surface area contributed by atoms with Gasteiger partial charge in [0.25, 0.3) is 0 Å². The van der Waals surface area contributed by atoms with E-state index in [1.54, 1.807) is 0 Å². The molecule has 0 radical (unpaired) electrons. The molecule has 0 bridgehead atoms. The first-order valence-corrected chi connectivity index (χ1v) is 11.9. The Morgan fingerprint density at radius 1 is 0.452 bits per heavy atom. The van der Waals surface area contributed by atoms with Crippen LogP contribution in [0, 0.1) is 0 Å². The first kappa shape index (κ1) is 18.4. The van der Waals surface area contributed by atoms with Crippen LogP contribution >= 0.6 is 22.7 Å². The molecule has 0 saturated carbocycles. The number of thiophene rings is 2. The summed E-state index contributed by atoms with van der Waals surface area (Å²) in [5.41, 5.74) is 4.69. The Kier molecular flexibility index (Phi) is 4.56. The molecular formula is C28H19NS2. The van der Waals surface area contributed by atoms with E-state index in [1.165, 1.54) is 41.1 Å². The van der Waals surface area contributed by atoms with Crippen molar-refractivity contribution < 1.29 is 0 Å². The maximum Gasteiger partial charge on any atom is 0.0390 e. The molecule has 0 atom stereocenters. The summed E-state index contributed by atoms with van der Waals surface area (Å²) in [5, 5.41) is 6.21. The van der Waals surface area contributed by atoms with E-state index in [2.05, 4.69) is 115 Å². The largest absolute Gasteiger partial charge is 0.355 e. The third kappa shape index (κ3) is 3.63. The zero-order valence-electron chi connectivity index (χ0n) is 16.7. The van der Waals surface area contributed by atoms with Gasteiger partial charge in [0.15, 0.2) is 0 Å². The summed E-state index contributed by atoms with van der Waals surface area (Å²) in [6.07, 6.45) is 0. The van der Waals surface area contributed by atoms with Gasteiger partial charge in [-0.1, -0.05) is 60.7 Å². The van der Waals surface area contributed by atoms with E-state index in [0.717, 1.165) is 11.4 Å². The molecule has 2 aromatic heterocycles. The Labute approximate surface area is 189 Å². The molecule has 0 saturated heterocycles. The van der Waals surface area contributed by atoms with Crippen molar-refractivity contribution in [1.82, 2.24) is 0 Å². The van der Waals surface area contributed by atoms with Crippen molar-refractivity contribution in [2.45, 2.75) is 0 Å². The Morgan fingerprint density at radius 2 is 0.935 bits per heavy atom. The minimum absolute atomic E-state index is 1.10. The van der Waals surface area contributed by atoms with E-state index in [9.17, 15) is 0 Å². The average molecular weight is 434 g/mol. The van der Waals surface area contributed by atoms with Gasteiger partial charge in [0.2, 0.25) is 0 Å². The Morgan fingerprint density at radius 3 is 1.42 bits per heavy atom. The van der Waals surface area contributed by atoms with E-state index in [1.807, 2.05) is 22.7 Å². The second kappa shape index (κ2) is 7.69. The molecule has 31 heavy (non-hydrogen) atoms. The van der Waals surface area contributed by atoms with Gasteiger partial charge in [-0.15, -0.1) is 22.7 Å². The standard InChI is InChI=1S/C28H19NS2/c1-3-13-25-21(7-1)17-27(30-25)19-9-5-11-23(15-19)29-24-12-6-10-20(16-24)28-18-22-8-2-4-14-26(22)31-28/h1-18,29H. The number of anilines is 2. The smallest absolute Gasteiger partial charge is 0.0390 e. The van der Waals surface area contributed by atoms with E-state index < -0.39 is 0 Å². The number of fused-ring (bicyclic) bond motifs is 2. The zero-order valence-corrected chi connectivity index (χ0v) is 18.3. The second-order valence-electron chi connectivity index (χ2n) is 7.58. The summed E-state index contributed by atoms with van der Waals surface area (Å²) in [4.78, 5) is 2.59. The fourth-order valence-electron chi connectivity index (χ4n) is 3.92. The predicted molar refractivity (Wildman–Crippen MR) is 138 cm³/mol. The first-order valence-electron chi connectivity index (χ1n) is 10.3. The highest BCUT2D eigenvalue weighted by atomic mass is 32.1. The molecule has 0 aliphatic carbocycles. The molecule has 148 valence electrons. The van der Waals surface area contributed by atoms with Gasteiger partial charge in [-0.05, 0) is 70.4 Å². The van der Waals surface area contributed by atoms with E-state index >= 15 is 0 Å². The molecule has 4 aromatic carbocycles. The van der Waals surface area contributed by atoms with Crippen LogP contribution in [0.2, 0.25) is 0 Å². The van der Waals surface area contributed by atoms with Gasteiger partial charge < -0.3 is 5.32 Å². The monoisotopic (exact) mass is 433 g/mol. The molecule has 2 heterocycles. The average Bonchev–Trinajstić information content (AvgIpc) is 3.44. The number of rotatable bonds is 4. The quantitative estimate of drug-likeness (QED) is 0.292. The summed E-state index contributed by atoms with van der Waals surface area (Å²) >= 11 is 3.68. The second-order valence-corrected chi connectivity index (χ2v) is 9.75. The molecule has 1 nitrogen and oxygen atoms in total. The van der Waals surface area contributed by atoms with Crippen LogP contribution in [0.5, 0.6) is 0 Å². The van der Waals surface area contributed by atoms with Gasteiger partial charge >= 0.3 is 0 Å². The van der Waals surface area contributed by atoms with Crippen LogP contribution in [0.1, 0.15) is 0 Å². The highest BCUT2D eigenvalue weighted by molar-refractivity contribution is 7.22. The first-order chi connectivity index (χ1) is 15.3. The van der Waals surface area contributed by atoms with E-state index in [4.69, 9.17) is 0 Å². The summed E-state index contributed by atoms with van der Waals surface area (Å²) < 4.78 is 2.65.